The first-order chi connectivity index (χ1) is 10.1. The number of amides is 1. The highest BCUT2D eigenvalue weighted by atomic mass is 16.5. The molecule has 1 atom stereocenters. The van der Waals surface area contributed by atoms with Gasteiger partial charge in [0.15, 0.2) is 0 Å². The number of carbonyl (C=O) groups excluding carboxylic acids is 1. The summed E-state index contributed by atoms with van der Waals surface area (Å²) in [6, 6.07) is 6.26. The second kappa shape index (κ2) is 7.46. The lowest BCUT2D eigenvalue weighted by atomic mass is 10.0. The first-order valence-corrected chi connectivity index (χ1v) is 7.77. The van der Waals surface area contributed by atoms with Crippen molar-refractivity contribution in [1.82, 2.24) is 10.2 Å². The standard InChI is InChI=1S/C17H26N2O2/c1-13-7-8-15(16(11-13)21-3)14(2)18-12-17(20)19-9-5-4-6-10-19/h7-8,11,14,18H,4-6,9-10,12H2,1-3H3. The number of nitrogens with zero attached hydrogens (tertiary/aromatic N) is 1. The number of carbonyl (C=O) groups is 1. The van der Waals surface area contributed by atoms with Crippen LogP contribution in [0.2, 0.25) is 0 Å². The van der Waals surface area contributed by atoms with Gasteiger partial charge in [0.1, 0.15) is 5.75 Å². The van der Waals surface area contributed by atoms with Gasteiger partial charge in [0.25, 0.3) is 0 Å². The first kappa shape index (κ1) is 15.8. The number of aryl methyl sites for hydroxylation is 1. The van der Waals surface area contributed by atoms with Crippen LogP contribution in [-0.2, 0) is 4.79 Å². The predicted octanol–water partition coefficient (Wildman–Crippen LogP) is 2.67. The molecule has 4 heteroatoms. The van der Waals surface area contributed by atoms with E-state index in [4.69, 9.17) is 4.74 Å². The number of hydrogen-bond acceptors (Lipinski definition) is 3. The molecule has 0 saturated carbocycles. The van der Waals surface area contributed by atoms with Gasteiger partial charge in [-0.05, 0) is 44.7 Å². The van der Waals surface area contributed by atoms with Crippen LogP contribution in [0.4, 0.5) is 0 Å². The van der Waals surface area contributed by atoms with E-state index in [0.29, 0.717) is 6.54 Å². The number of piperidine rings is 1. The van der Waals surface area contributed by atoms with Crippen molar-refractivity contribution in [3.63, 3.8) is 0 Å². The van der Waals surface area contributed by atoms with E-state index in [1.165, 1.54) is 12.0 Å². The molecule has 1 amide bonds. The number of benzene rings is 1. The molecule has 4 nitrogen and oxygen atoms in total. The summed E-state index contributed by atoms with van der Waals surface area (Å²) >= 11 is 0. The molecule has 1 unspecified atom stereocenters. The van der Waals surface area contributed by atoms with E-state index >= 15 is 0 Å². The molecule has 1 aromatic rings. The van der Waals surface area contributed by atoms with E-state index in [0.717, 1.165) is 37.2 Å². The second-order valence-corrected chi connectivity index (χ2v) is 5.79. The highest BCUT2D eigenvalue weighted by molar-refractivity contribution is 5.78. The lowest BCUT2D eigenvalue weighted by Gasteiger charge is -2.27. The predicted molar refractivity (Wildman–Crippen MR) is 84.6 cm³/mol. The molecule has 0 aliphatic carbocycles. The van der Waals surface area contributed by atoms with Gasteiger partial charge in [0, 0.05) is 24.7 Å². The molecule has 1 aliphatic rings. The molecule has 1 aliphatic heterocycles. The van der Waals surface area contributed by atoms with E-state index in [1.807, 2.05) is 17.9 Å². The second-order valence-electron chi connectivity index (χ2n) is 5.79. The lowest BCUT2D eigenvalue weighted by Crippen LogP contribution is -2.41. The van der Waals surface area contributed by atoms with Crippen LogP contribution in [0.25, 0.3) is 0 Å². The largest absolute Gasteiger partial charge is 0.496 e. The molecular weight excluding hydrogens is 264 g/mol. The summed E-state index contributed by atoms with van der Waals surface area (Å²) in [7, 11) is 1.68. The molecule has 1 aromatic carbocycles. The molecule has 1 N–H and O–H groups in total. The minimum Gasteiger partial charge on any atom is -0.496 e. The van der Waals surface area contributed by atoms with Gasteiger partial charge in [-0.3, -0.25) is 4.79 Å². The van der Waals surface area contributed by atoms with Crippen molar-refractivity contribution < 1.29 is 9.53 Å². The molecule has 0 radical (unpaired) electrons. The number of nitrogens with one attached hydrogen (secondary N) is 1. The Hall–Kier alpha value is -1.55. The number of ether oxygens (including phenoxy) is 1. The maximum atomic E-state index is 12.2. The van der Waals surface area contributed by atoms with Gasteiger partial charge in [-0.15, -0.1) is 0 Å². The topological polar surface area (TPSA) is 41.6 Å². The smallest absolute Gasteiger partial charge is 0.236 e. The van der Waals surface area contributed by atoms with Crippen LogP contribution in [0, 0.1) is 6.92 Å². The number of hydrogen-bond donors (Lipinski definition) is 1. The van der Waals surface area contributed by atoms with Crippen LogP contribution >= 0.6 is 0 Å². The molecule has 2 rings (SSSR count). The maximum absolute atomic E-state index is 12.2. The van der Waals surface area contributed by atoms with Crippen molar-refractivity contribution in [3.8, 4) is 5.75 Å². The average Bonchev–Trinajstić information content (AvgIpc) is 2.52. The third kappa shape index (κ3) is 4.21. The molecule has 1 saturated heterocycles. The molecule has 1 heterocycles. The van der Waals surface area contributed by atoms with Crippen molar-refractivity contribution in [2.24, 2.45) is 0 Å². The van der Waals surface area contributed by atoms with Gasteiger partial charge in [-0.2, -0.15) is 0 Å². The average molecular weight is 290 g/mol. The van der Waals surface area contributed by atoms with Gasteiger partial charge in [0.05, 0.1) is 13.7 Å². The monoisotopic (exact) mass is 290 g/mol. The summed E-state index contributed by atoms with van der Waals surface area (Å²) in [5, 5.41) is 3.32. The Morgan fingerprint density at radius 1 is 1.33 bits per heavy atom. The van der Waals surface area contributed by atoms with Crippen LogP contribution in [0.15, 0.2) is 18.2 Å². The van der Waals surface area contributed by atoms with Crippen molar-refractivity contribution in [3.05, 3.63) is 29.3 Å². The van der Waals surface area contributed by atoms with E-state index in [9.17, 15) is 4.79 Å². The quantitative estimate of drug-likeness (QED) is 0.906. The van der Waals surface area contributed by atoms with E-state index in [2.05, 4.69) is 24.4 Å². The van der Waals surface area contributed by atoms with Crippen LogP contribution in [0.3, 0.4) is 0 Å². The zero-order valence-corrected chi connectivity index (χ0v) is 13.3. The van der Waals surface area contributed by atoms with E-state index in [-0.39, 0.29) is 11.9 Å². The minimum atomic E-state index is 0.0919. The Morgan fingerprint density at radius 3 is 2.71 bits per heavy atom. The number of rotatable bonds is 5. The zero-order valence-electron chi connectivity index (χ0n) is 13.3. The van der Waals surface area contributed by atoms with Gasteiger partial charge in [-0.1, -0.05) is 12.1 Å². The molecule has 0 aromatic heterocycles. The normalized spacial score (nSPS) is 16.6. The fourth-order valence-corrected chi connectivity index (χ4v) is 2.78. The van der Waals surface area contributed by atoms with E-state index < -0.39 is 0 Å². The van der Waals surface area contributed by atoms with Crippen molar-refractivity contribution in [2.45, 2.75) is 39.2 Å². The number of likely N-dealkylation sites (tertiary alicyclic amines) is 1. The lowest BCUT2D eigenvalue weighted by molar-refractivity contribution is -0.131. The maximum Gasteiger partial charge on any atom is 0.236 e. The van der Waals surface area contributed by atoms with Crippen LogP contribution in [0.1, 0.15) is 43.4 Å². The first-order valence-electron chi connectivity index (χ1n) is 7.77. The Morgan fingerprint density at radius 2 is 2.05 bits per heavy atom. The number of methoxy groups -OCH3 is 1. The van der Waals surface area contributed by atoms with Crippen molar-refractivity contribution in [1.29, 1.82) is 0 Å². The fraction of sp³-hybridized carbons (Fsp3) is 0.588. The van der Waals surface area contributed by atoms with Crippen LogP contribution in [-0.4, -0.2) is 37.6 Å². The zero-order chi connectivity index (χ0) is 15.2. The van der Waals surface area contributed by atoms with Gasteiger partial charge < -0.3 is 15.0 Å². The molecular formula is C17H26N2O2. The van der Waals surface area contributed by atoms with Crippen molar-refractivity contribution in [2.75, 3.05) is 26.7 Å². The molecule has 1 fully saturated rings. The Bertz CT molecular complexity index is 482. The minimum absolute atomic E-state index is 0.0919. The SMILES string of the molecule is COc1cc(C)ccc1C(C)NCC(=O)N1CCCCC1. The summed E-state index contributed by atoms with van der Waals surface area (Å²) in [5.41, 5.74) is 2.27. The third-order valence-corrected chi connectivity index (χ3v) is 4.12. The van der Waals surface area contributed by atoms with E-state index in [1.54, 1.807) is 7.11 Å². The molecule has 21 heavy (non-hydrogen) atoms. The van der Waals surface area contributed by atoms with Gasteiger partial charge >= 0.3 is 0 Å². The Kier molecular flexibility index (Phi) is 5.62. The molecule has 116 valence electrons. The Labute approximate surface area is 127 Å². The van der Waals surface area contributed by atoms with Gasteiger partial charge in [-0.25, -0.2) is 0 Å². The van der Waals surface area contributed by atoms with Crippen LogP contribution < -0.4 is 10.1 Å². The summed E-state index contributed by atoms with van der Waals surface area (Å²) in [6.45, 7) is 6.31. The molecule has 0 spiro atoms. The van der Waals surface area contributed by atoms with Gasteiger partial charge in [0.2, 0.25) is 5.91 Å². The summed E-state index contributed by atoms with van der Waals surface area (Å²) in [5.74, 6) is 1.08. The fourth-order valence-electron chi connectivity index (χ4n) is 2.78. The highest BCUT2D eigenvalue weighted by Crippen LogP contribution is 2.25. The Balaban J connectivity index is 1.92. The third-order valence-electron chi connectivity index (χ3n) is 4.12. The summed E-state index contributed by atoms with van der Waals surface area (Å²) < 4.78 is 5.44. The van der Waals surface area contributed by atoms with Crippen molar-refractivity contribution >= 4 is 5.91 Å². The summed E-state index contributed by atoms with van der Waals surface area (Å²) in [6.07, 6.45) is 3.51. The molecule has 0 bridgehead atoms. The summed E-state index contributed by atoms with van der Waals surface area (Å²) in [4.78, 5) is 14.1. The highest BCUT2D eigenvalue weighted by Gasteiger charge is 2.18. The van der Waals surface area contributed by atoms with Crippen LogP contribution in [0.5, 0.6) is 5.75 Å².